The molecule has 0 atom stereocenters. The lowest BCUT2D eigenvalue weighted by Gasteiger charge is -2.09. The second-order valence-electron chi connectivity index (χ2n) is 2.91. The number of hydrogen-bond acceptors (Lipinski definition) is 4. The quantitative estimate of drug-likeness (QED) is 0.765. The van der Waals surface area contributed by atoms with Gasteiger partial charge in [-0.2, -0.15) is 0 Å². The van der Waals surface area contributed by atoms with Crippen molar-refractivity contribution in [1.82, 2.24) is 4.98 Å². The Morgan fingerprint density at radius 2 is 2.33 bits per heavy atom. The fourth-order valence-corrected chi connectivity index (χ4v) is 1.29. The van der Waals surface area contributed by atoms with Gasteiger partial charge < -0.3 is 10.5 Å². The molecule has 0 aliphatic rings. The van der Waals surface area contributed by atoms with Crippen molar-refractivity contribution in [2.75, 3.05) is 19.9 Å². The van der Waals surface area contributed by atoms with E-state index in [-0.39, 0.29) is 0 Å². The Kier molecular flexibility index (Phi) is 3.85. The highest BCUT2D eigenvalue weighted by Crippen LogP contribution is 2.28. The standard InChI is InChI=1S/C11H15N3O/c1-4-8(7-13-2)10-11(15-3)9(12)5-6-14-10/h4-7H,1-3H3,(H2,12,14)/b8-4+,13-7?. The molecule has 4 nitrogen and oxygen atoms in total. The maximum atomic E-state index is 5.78. The van der Waals surface area contributed by atoms with Crippen LogP contribution in [-0.2, 0) is 0 Å². The van der Waals surface area contributed by atoms with Gasteiger partial charge in [-0.1, -0.05) is 6.08 Å². The molecule has 1 aromatic rings. The van der Waals surface area contributed by atoms with E-state index in [1.165, 1.54) is 0 Å². The van der Waals surface area contributed by atoms with Crippen molar-refractivity contribution in [3.63, 3.8) is 0 Å². The van der Waals surface area contributed by atoms with Crippen molar-refractivity contribution in [1.29, 1.82) is 0 Å². The van der Waals surface area contributed by atoms with Gasteiger partial charge >= 0.3 is 0 Å². The number of rotatable bonds is 3. The first kappa shape index (κ1) is 11.2. The number of nitrogens with two attached hydrogens (primary N) is 1. The summed E-state index contributed by atoms with van der Waals surface area (Å²) in [5.74, 6) is 0.588. The summed E-state index contributed by atoms with van der Waals surface area (Å²) in [6, 6.07) is 1.71. The summed E-state index contributed by atoms with van der Waals surface area (Å²) in [6.45, 7) is 1.92. The van der Waals surface area contributed by atoms with Crippen molar-refractivity contribution < 1.29 is 4.74 Å². The van der Waals surface area contributed by atoms with Gasteiger partial charge in [0, 0.05) is 25.0 Å². The number of aromatic nitrogens is 1. The molecule has 0 bridgehead atoms. The fourth-order valence-electron chi connectivity index (χ4n) is 1.29. The highest BCUT2D eigenvalue weighted by molar-refractivity contribution is 6.10. The number of hydrogen-bond donors (Lipinski definition) is 1. The molecule has 0 aromatic carbocycles. The van der Waals surface area contributed by atoms with E-state index < -0.39 is 0 Å². The molecule has 0 saturated heterocycles. The van der Waals surface area contributed by atoms with E-state index in [0.29, 0.717) is 17.1 Å². The van der Waals surface area contributed by atoms with Crippen LogP contribution in [0.5, 0.6) is 5.75 Å². The number of pyridine rings is 1. The molecule has 0 radical (unpaired) electrons. The van der Waals surface area contributed by atoms with Gasteiger partial charge in [-0.3, -0.25) is 9.98 Å². The lowest BCUT2D eigenvalue weighted by Crippen LogP contribution is -2.00. The first-order valence-electron chi connectivity index (χ1n) is 4.61. The van der Waals surface area contributed by atoms with Crippen LogP contribution in [0.15, 0.2) is 23.3 Å². The highest BCUT2D eigenvalue weighted by Gasteiger charge is 2.10. The third kappa shape index (κ3) is 2.34. The Bertz CT molecular complexity index is 397. The second-order valence-corrected chi connectivity index (χ2v) is 2.91. The van der Waals surface area contributed by atoms with E-state index in [2.05, 4.69) is 9.98 Å². The zero-order chi connectivity index (χ0) is 11.3. The molecule has 0 amide bonds. The number of anilines is 1. The molecule has 1 rings (SSSR count). The molecule has 0 spiro atoms. The summed E-state index contributed by atoms with van der Waals surface area (Å²) >= 11 is 0. The number of ether oxygens (including phenoxy) is 1. The molecule has 0 saturated carbocycles. The van der Waals surface area contributed by atoms with E-state index in [1.54, 1.807) is 32.6 Å². The number of nitrogen functional groups attached to an aromatic ring is 1. The molecule has 2 N–H and O–H groups in total. The molecule has 4 heteroatoms. The zero-order valence-electron chi connectivity index (χ0n) is 9.19. The average Bonchev–Trinajstić information content (AvgIpc) is 2.25. The van der Waals surface area contributed by atoms with Gasteiger partial charge in [-0.25, -0.2) is 0 Å². The number of allylic oxidation sites excluding steroid dienone is 2. The van der Waals surface area contributed by atoms with E-state index >= 15 is 0 Å². The molecular formula is C11H15N3O. The summed E-state index contributed by atoms with van der Waals surface area (Å²) in [5, 5.41) is 0. The third-order valence-electron chi connectivity index (χ3n) is 1.99. The first-order valence-corrected chi connectivity index (χ1v) is 4.61. The van der Waals surface area contributed by atoms with E-state index in [9.17, 15) is 0 Å². The number of nitrogens with zero attached hydrogens (tertiary/aromatic N) is 2. The van der Waals surface area contributed by atoms with Crippen LogP contribution in [0.1, 0.15) is 12.6 Å². The van der Waals surface area contributed by atoms with Crippen LogP contribution < -0.4 is 10.5 Å². The SMILES string of the molecule is C/C=C(\C=NC)c1nccc(N)c1OC. The minimum Gasteiger partial charge on any atom is -0.492 e. The molecule has 0 aliphatic carbocycles. The Morgan fingerprint density at radius 1 is 1.60 bits per heavy atom. The molecular weight excluding hydrogens is 190 g/mol. The number of methoxy groups -OCH3 is 1. The molecule has 1 heterocycles. The van der Waals surface area contributed by atoms with E-state index in [0.717, 1.165) is 5.57 Å². The van der Waals surface area contributed by atoms with Crippen LogP contribution in [0.4, 0.5) is 5.69 Å². The molecule has 0 aliphatic heterocycles. The van der Waals surface area contributed by atoms with Gasteiger partial charge in [0.15, 0.2) is 5.75 Å². The summed E-state index contributed by atoms with van der Waals surface area (Å²) in [5.41, 5.74) is 7.96. The van der Waals surface area contributed by atoms with Gasteiger partial charge in [-0.05, 0) is 13.0 Å². The maximum absolute atomic E-state index is 5.78. The predicted octanol–water partition coefficient (Wildman–Crippen LogP) is 1.78. The predicted molar refractivity (Wildman–Crippen MR) is 63.3 cm³/mol. The maximum Gasteiger partial charge on any atom is 0.168 e. The van der Waals surface area contributed by atoms with Crippen molar-refractivity contribution >= 4 is 17.5 Å². The smallest absolute Gasteiger partial charge is 0.168 e. The van der Waals surface area contributed by atoms with Crippen LogP contribution in [-0.4, -0.2) is 25.4 Å². The van der Waals surface area contributed by atoms with Crippen molar-refractivity contribution in [2.45, 2.75) is 6.92 Å². The van der Waals surface area contributed by atoms with Crippen molar-refractivity contribution in [3.8, 4) is 5.75 Å². The topological polar surface area (TPSA) is 60.5 Å². The minimum absolute atomic E-state index is 0.575. The van der Waals surface area contributed by atoms with Crippen molar-refractivity contribution in [2.24, 2.45) is 4.99 Å². The molecule has 1 aromatic heterocycles. The Labute approximate surface area is 89.5 Å². The van der Waals surface area contributed by atoms with Crippen LogP contribution in [0.25, 0.3) is 5.57 Å². The van der Waals surface area contributed by atoms with Gasteiger partial charge in [-0.15, -0.1) is 0 Å². The Morgan fingerprint density at radius 3 is 2.87 bits per heavy atom. The van der Waals surface area contributed by atoms with Crippen LogP contribution in [0.2, 0.25) is 0 Å². The fraction of sp³-hybridized carbons (Fsp3) is 0.273. The molecule has 15 heavy (non-hydrogen) atoms. The van der Waals surface area contributed by atoms with Gasteiger partial charge in [0.25, 0.3) is 0 Å². The first-order chi connectivity index (χ1) is 7.24. The monoisotopic (exact) mass is 205 g/mol. The largest absolute Gasteiger partial charge is 0.492 e. The summed E-state index contributed by atoms with van der Waals surface area (Å²) in [7, 11) is 3.29. The molecule has 80 valence electrons. The minimum atomic E-state index is 0.575. The average molecular weight is 205 g/mol. The third-order valence-corrected chi connectivity index (χ3v) is 1.99. The Hall–Kier alpha value is -1.84. The summed E-state index contributed by atoms with van der Waals surface area (Å²) in [4.78, 5) is 8.19. The van der Waals surface area contributed by atoms with Gasteiger partial charge in [0.05, 0.1) is 12.8 Å². The zero-order valence-corrected chi connectivity index (χ0v) is 9.19. The van der Waals surface area contributed by atoms with Crippen LogP contribution in [0.3, 0.4) is 0 Å². The second kappa shape index (κ2) is 5.14. The lowest BCUT2D eigenvalue weighted by atomic mass is 10.1. The number of aliphatic imine (C=N–C) groups is 1. The summed E-state index contributed by atoms with van der Waals surface area (Å²) in [6.07, 6.45) is 5.29. The molecule has 0 unspecified atom stereocenters. The summed E-state index contributed by atoms with van der Waals surface area (Å²) < 4.78 is 5.22. The van der Waals surface area contributed by atoms with Gasteiger partial charge in [0.2, 0.25) is 0 Å². The Balaban J connectivity index is 3.29. The van der Waals surface area contributed by atoms with Crippen molar-refractivity contribution in [3.05, 3.63) is 24.0 Å². The van der Waals surface area contributed by atoms with E-state index in [1.807, 2.05) is 13.0 Å². The lowest BCUT2D eigenvalue weighted by molar-refractivity contribution is 0.414. The molecule has 0 fully saturated rings. The van der Waals surface area contributed by atoms with Crippen LogP contribution in [0, 0.1) is 0 Å². The van der Waals surface area contributed by atoms with Gasteiger partial charge in [0.1, 0.15) is 5.69 Å². The highest BCUT2D eigenvalue weighted by atomic mass is 16.5. The van der Waals surface area contributed by atoms with Crippen LogP contribution >= 0.6 is 0 Å². The van der Waals surface area contributed by atoms with E-state index in [4.69, 9.17) is 10.5 Å². The normalized spacial score (nSPS) is 12.1.